The first-order chi connectivity index (χ1) is 15.3. The maximum absolute atomic E-state index is 12.7. The second kappa shape index (κ2) is 12.6. The van der Waals surface area contributed by atoms with E-state index < -0.39 is 17.9 Å². The largest absolute Gasteiger partial charge is 0.450 e. The molecule has 0 radical (unpaired) electrons. The number of benzene rings is 1. The maximum atomic E-state index is 12.7. The summed E-state index contributed by atoms with van der Waals surface area (Å²) in [6.45, 7) is 4.12. The number of alkyl carbamates (subject to hydrolysis) is 1. The molecule has 5 amide bonds. The zero-order chi connectivity index (χ0) is 23.5. The molecule has 9 nitrogen and oxygen atoms in total. The number of amides is 5. The number of hydrogen-bond donors (Lipinski definition) is 2. The van der Waals surface area contributed by atoms with Gasteiger partial charge in [0.25, 0.3) is 11.8 Å². The number of unbranched alkanes of at least 4 members (excludes halogenated alkanes) is 4. The Morgan fingerprint density at radius 1 is 0.969 bits per heavy atom. The molecular weight excluding hydrogens is 414 g/mol. The molecule has 1 heterocycles. The summed E-state index contributed by atoms with van der Waals surface area (Å²) in [5.74, 6) is -1.56. The number of carbonyl (C=O) groups is 5. The monoisotopic (exact) mass is 445 g/mol. The number of nitrogens with zero attached hydrogens (tertiary/aromatic N) is 1. The van der Waals surface area contributed by atoms with Gasteiger partial charge in [-0.05, 0) is 37.0 Å². The van der Waals surface area contributed by atoms with E-state index in [1.165, 1.54) is 6.92 Å². The molecule has 0 saturated carbocycles. The lowest BCUT2D eigenvalue weighted by Gasteiger charge is -2.13. The minimum absolute atomic E-state index is 0.146. The highest BCUT2D eigenvalue weighted by atomic mass is 16.5. The Bertz CT molecular complexity index is 867. The Kier molecular flexibility index (Phi) is 9.84. The fourth-order valence-electron chi connectivity index (χ4n) is 3.38. The average Bonchev–Trinajstić information content (AvgIpc) is 2.98. The van der Waals surface area contributed by atoms with Crippen LogP contribution in [0.15, 0.2) is 18.2 Å². The van der Waals surface area contributed by atoms with E-state index in [0.717, 1.165) is 30.6 Å². The summed E-state index contributed by atoms with van der Waals surface area (Å²) in [5, 5.41) is 4.84. The molecule has 1 aliphatic rings. The summed E-state index contributed by atoms with van der Waals surface area (Å²) in [4.78, 5) is 60.5. The predicted octanol–water partition coefficient (Wildman–Crippen LogP) is 2.92. The molecule has 0 atom stereocenters. The number of hydrogen-bond acceptors (Lipinski definition) is 6. The van der Waals surface area contributed by atoms with E-state index in [2.05, 4.69) is 17.6 Å². The highest BCUT2D eigenvalue weighted by molar-refractivity contribution is 6.21. The minimum atomic E-state index is -0.514. The zero-order valence-corrected chi connectivity index (χ0v) is 18.7. The molecule has 32 heavy (non-hydrogen) atoms. The second-order valence-corrected chi connectivity index (χ2v) is 7.75. The van der Waals surface area contributed by atoms with Gasteiger partial charge in [-0.2, -0.15) is 0 Å². The molecule has 9 heteroatoms. The lowest BCUT2D eigenvalue weighted by atomic mass is 10.1. The van der Waals surface area contributed by atoms with Gasteiger partial charge in [0.05, 0.1) is 17.7 Å². The summed E-state index contributed by atoms with van der Waals surface area (Å²) in [5.41, 5.74) is 1.32. The molecule has 0 saturated heterocycles. The Hall–Kier alpha value is -3.23. The van der Waals surface area contributed by atoms with Gasteiger partial charge in [0, 0.05) is 26.4 Å². The SMILES string of the molecule is CCCCCCOC(=O)NCc1ccc2c(c1)C(=O)N(CCCCC(=O)NC(C)=O)C2=O. The molecule has 2 rings (SSSR count). The van der Waals surface area contributed by atoms with E-state index in [1.54, 1.807) is 18.2 Å². The maximum Gasteiger partial charge on any atom is 0.407 e. The van der Waals surface area contributed by atoms with Crippen molar-refractivity contribution in [2.24, 2.45) is 0 Å². The van der Waals surface area contributed by atoms with Crippen LogP contribution in [0.1, 0.15) is 85.1 Å². The normalized spacial score (nSPS) is 12.5. The quantitative estimate of drug-likeness (QED) is 0.377. The van der Waals surface area contributed by atoms with Crippen LogP contribution in [-0.2, 0) is 20.9 Å². The fraction of sp³-hybridized carbons (Fsp3) is 0.522. The van der Waals surface area contributed by atoms with Gasteiger partial charge in [-0.15, -0.1) is 0 Å². The minimum Gasteiger partial charge on any atom is -0.450 e. The molecule has 0 spiro atoms. The summed E-state index contributed by atoms with van der Waals surface area (Å²) >= 11 is 0. The number of nitrogens with one attached hydrogen (secondary N) is 2. The molecule has 0 unspecified atom stereocenters. The molecule has 0 fully saturated rings. The Morgan fingerprint density at radius 3 is 2.44 bits per heavy atom. The summed E-state index contributed by atoms with van der Waals surface area (Å²) in [7, 11) is 0. The van der Waals surface area contributed by atoms with Crippen LogP contribution < -0.4 is 10.6 Å². The predicted molar refractivity (Wildman–Crippen MR) is 117 cm³/mol. The van der Waals surface area contributed by atoms with Gasteiger partial charge in [-0.25, -0.2) is 4.79 Å². The summed E-state index contributed by atoms with van der Waals surface area (Å²) < 4.78 is 5.12. The first kappa shape index (κ1) is 25.0. The Labute approximate surface area is 187 Å². The van der Waals surface area contributed by atoms with Crippen molar-refractivity contribution in [3.8, 4) is 0 Å². The van der Waals surface area contributed by atoms with Gasteiger partial charge in [0.1, 0.15) is 0 Å². The number of carbonyl (C=O) groups excluding carboxylic acids is 5. The van der Waals surface area contributed by atoms with Crippen LogP contribution >= 0.6 is 0 Å². The van der Waals surface area contributed by atoms with E-state index in [1.807, 2.05) is 0 Å². The van der Waals surface area contributed by atoms with Gasteiger partial charge in [-0.1, -0.05) is 32.3 Å². The number of rotatable bonds is 12. The Balaban J connectivity index is 1.81. The van der Waals surface area contributed by atoms with Gasteiger partial charge in [-0.3, -0.25) is 29.4 Å². The third kappa shape index (κ3) is 7.47. The van der Waals surface area contributed by atoms with Crippen molar-refractivity contribution in [3.63, 3.8) is 0 Å². The van der Waals surface area contributed by atoms with Crippen molar-refractivity contribution >= 4 is 29.7 Å². The van der Waals surface area contributed by atoms with E-state index in [0.29, 0.717) is 36.1 Å². The zero-order valence-electron chi connectivity index (χ0n) is 18.7. The van der Waals surface area contributed by atoms with Crippen LogP contribution in [0.3, 0.4) is 0 Å². The third-order valence-electron chi connectivity index (χ3n) is 5.05. The first-order valence-corrected chi connectivity index (χ1v) is 11.0. The molecule has 0 aromatic heterocycles. The summed E-state index contributed by atoms with van der Waals surface area (Å²) in [6, 6.07) is 4.89. The standard InChI is InChI=1S/C23H31N3O6/c1-3-4-5-8-13-32-23(31)24-15-17-10-11-18-19(14-17)22(30)26(21(18)29)12-7-6-9-20(28)25-16(2)27/h10-11,14H,3-9,12-13,15H2,1-2H3,(H,24,31)(H,25,27,28). The van der Waals surface area contributed by atoms with Crippen LogP contribution in [0.4, 0.5) is 4.79 Å². The molecule has 0 aliphatic carbocycles. The van der Waals surface area contributed by atoms with Gasteiger partial charge >= 0.3 is 6.09 Å². The number of fused-ring (bicyclic) bond motifs is 1. The molecule has 2 N–H and O–H groups in total. The average molecular weight is 446 g/mol. The van der Waals surface area contributed by atoms with Gasteiger partial charge in [0.15, 0.2) is 0 Å². The van der Waals surface area contributed by atoms with E-state index in [4.69, 9.17) is 4.74 Å². The van der Waals surface area contributed by atoms with Crippen molar-refractivity contribution in [1.29, 1.82) is 0 Å². The van der Waals surface area contributed by atoms with E-state index in [-0.39, 0.29) is 31.3 Å². The highest BCUT2D eigenvalue weighted by Crippen LogP contribution is 2.24. The van der Waals surface area contributed by atoms with E-state index in [9.17, 15) is 24.0 Å². The van der Waals surface area contributed by atoms with Crippen LogP contribution in [0, 0.1) is 0 Å². The highest BCUT2D eigenvalue weighted by Gasteiger charge is 2.35. The molecule has 174 valence electrons. The smallest absolute Gasteiger partial charge is 0.407 e. The van der Waals surface area contributed by atoms with Crippen LogP contribution in [0.2, 0.25) is 0 Å². The molecule has 1 aliphatic heterocycles. The Morgan fingerprint density at radius 2 is 1.72 bits per heavy atom. The lowest BCUT2D eigenvalue weighted by molar-refractivity contribution is -0.129. The molecule has 1 aromatic rings. The first-order valence-electron chi connectivity index (χ1n) is 11.0. The van der Waals surface area contributed by atoms with Crippen molar-refractivity contribution in [2.45, 2.75) is 65.3 Å². The number of imide groups is 2. The van der Waals surface area contributed by atoms with Crippen molar-refractivity contribution in [2.75, 3.05) is 13.2 Å². The van der Waals surface area contributed by atoms with Crippen molar-refractivity contribution < 1.29 is 28.7 Å². The fourth-order valence-corrected chi connectivity index (χ4v) is 3.38. The van der Waals surface area contributed by atoms with Crippen LogP contribution in [0.25, 0.3) is 0 Å². The summed E-state index contributed by atoms with van der Waals surface area (Å²) in [6.07, 6.45) is 4.60. The second-order valence-electron chi connectivity index (χ2n) is 7.75. The van der Waals surface area contributed by atoms with Crippen molar-refractivity contribution in [1.82, 2.24) is 15.5 Å². The topological polar surface area (TPSA) is 122 Å². The lowest BCUT2D eigenvalue weighted by Crippen LogP contribution is -2.31. The molecule has 1 aromatic carbocycles. The van der Waals surface area contributed by atoms with Crippen LogP contribution in [-0.4, -0.2) is 47.8 Å². The van der Waals surface area contributed by atoms with Gasteiger partial charge < -0.3 is 10.1 Å². The molecular formula is C23H31N3O6. The van der Waals surface area contributed by atoms with Crippen molar-refractivity contribution in [3.05, 3.63) is 34.9 Å². The van der Waals surface area contributed by atoms with Gasteiger partial charge in [0.2, 0.25) is 11.8 Å². The van der Waals surface area contributed by atoms with E-state index >= 15 is 0 Å². The molecule has 0 bridgehead atoms. The van der Waals surface area contributed by atoms with Crippen LogP contribution in [0.5, 0.6) is 0 Å². The third-order valence-corrected chi connectivity index (χ3v) is 5.05. The number of ether oxygens (including phenoxy) is 1.